The monoisotopic (exact) mass is 309 g/mol. The summed E-state index contributed by atoms with van der Waals surface area (Å²) in [5.41, 5.74) is 0.555. The van der Waals surface area contributed by atoms with Crippen molar-refractivity contribution in [3.8, 4) is 0 Å². The fourth-order valence-corrected chi connectivity index (χ4v) is 3.01. The molecule has 4 nitrogen and oxygen atoms in total. The molecule has 0 bridgehead atoms. The number of carbonyl (C=O) groups is 2. The second-order valence-electron chi connectivity index (χ2n) is 5.49. The number of carbonyl (C=O) groups excluding carboxylic acids is 1. The first-order chi connectivity index (χ1) is 10.1. The first-order valence-corrected chi connectivity index (χ1v) is 7.74. The van der Waals surface area contributed by atoms with Crippen LogP contribution in [0.4, 0.5) is 5.69 Å². The Labute approximate surface area is 129 Å². The molecule has 0 aliphatic heterocycles. The molecule has 1 N–H and O–H groups in total. The minimum Gasteiger partial charge on any atom is -0.480 e. The summed E-state index contributed by atoms with van der Waals surface area (Å²) in [5, 5.41) is 9.59. The summed E-state index contributed by atoms with van der Waals surface area (Å²) < 4.78 is 0. The van der Waals surface area contributed by atoms with E-state index < -0.39 is 5.97 Å². The minimum absolute atomic E-state index is 0.0779. The van der Waals surface area contributed by atoms with Gasteiger partial charge in [0, 0.05) is 16.6 Å². The SMILES string of the molecule is O=C(O)CN(C(=O)C1CCCCCC1)c1cccc(Cl)c1. The molecule has 0 unspecified atom stereocenters. The molecule has 0 atom stereocenters. The van der Waals surface area contributed by atoms with Crippen LogP contribution in [-0.2, 0) is 9.59 Å². The first kappa shape index (κ1) is 15.8. The largest absolute Gasteiger partial charge is 0.480 e. The Kier molecular flexibility index (Phi) is 5.62. The molecular formula is C16H20ClNO3. The topological polar surface area (TPSA) is 57.6 Å². The Bertz CT molecular complexity index is 510. The lowest BCUT2D eigenvalue weighted by molar-refractivity contribution is -0.137. The van der Waals surface area contributed by atoms with E-state index >= 15 is 0 Å². The zero-order valence-corrected chi connectivity index (χ0v) is 12.7. The van der Waals surface area contributed by atoms with Crippen molar-refractivity contribution in [2.45, 2.75) is 38.5 Å². The van der Waals surface area contributed by atoms with E-state index in [0.29, 0.717) is 10.7 Å². The zero-order chi connectivity index (χ0) is 15.2. The summed E-state index contributed by atoms with van der Waals surface area (Å²) in [6.45, 7) is -0.324. The number of nitrogens with zero attached hydrogens (tertiary/aromatic N) is 1. The van der Waals surface area contributed by atoms with Crippen molar-refractivity contribution < 1.29 is 14.7 Å². The zero-order valence-electron chi connectivity index (χ0n) is 11.9. The third-order valence-corrected chi connectivity index (χ3v) is 4.12. The van der Waals surface area contributed by atoms with Crippen molar-refractivity contribution in [1.82, 2.24) is 0 Å². The lowest BCUT2D eigenvalue weighted by atomic mass is 9.98. The predicted molar refractivity (Wildman–Crippen MR) is 82.6 cm³/mol. The molecule has 0 heterocycles. The number of hydrogen-bond donors (Lipinski definition) is 1. The number of amides is 1. The highest BCUT2D eigenvalue weighted by atomic mass is 35.5. The average Bonchev–Trinajstić information content (AvgIpc) is 2.73. The number of carboxylic acids is 1. The van der Waals surface area contributed by atoms with Crippen molar-refractivity contribution in [3.63, 3.8) is 0 Å². The van der Waals surface area contributed by atoms with Gasteiger partial charge in [-0.3, -0.25) is 9.59 Å². The standard InChI is InChI=1S/C16H20ClNO3/c17-13-8-5-9-14(10-13)18(11-15(19)20)16(21)12-6-3-1-2-4-7-12/h5,8-10,12H,1-4,6-7,11H2,(H,19,20). The molecule has 1 amide bonds. The van der Waals surface area contributed by atoms with Gasteiger partial charge in [-0.05, 0) is 31.0 Å². The Morgan fingerprint density at radius 2 is 1.86 bits per heavy atom. The molecule has 114 valence electrons. The summed E-state index contributed by atoms with van der Waals surface area (Å²) in [5.74, 6) is -1.19. The van der Waals surface area contributed by atoms with Crippen LogP contribution in [-0.4, -0.2) is 23.5 Å². The maximum Gasteiger partial charge on any atom is 0.323 e. The molecule has 1 aliphatic carbocycles. The number of rotatable bonds is 4. The van der Waals surface area contributed by atoms with E-state index in [-0.39, 0.29) is 18.4 Å². The Hall–Kier alpha value is -1.55. The Balaban J connectivity index is 2.22. The third kappa shape index (κ3) is 4.46. The molecule has 5 heteroatoms. The molecule has 21 heavy (non-hydrogen) atoms. The van der Waals surface area contributed by atoms with Gasteiger partial charge in [-0.2, -0.15) is 0 Å². The molecular weight excluding hydrogens is 290 g/mol. The average molecular weight is 310 g/mol. The van der Waals surface area contributed by atoms with Crippen molar-refractivity contribution in [2.75, 3.05) is 11.4 Å². The highest BCUT2D eigenvalue weighted by Gasteiger charge is 2.27. The fraction of sp³-hybridized carbons (Fsp3) is 0.500. The van der Waals surface area contributed by atoms with Crippen LogP contribution in [0.3, 0.4) is 0 Å². The molecule has 0 spiro atoms. The molecule has 1 saturated carbocycles. The Morgan fingerprint density at radius 1 is 1.19 bits per heavy atom. The number of carboxylic acid groups (broad SMARTS) is 1. The van der Waals surface area contributed by atoms with Crippen molar-refractivity contribution in [1.29, 1.82) is 0 Å². The van der Waals surface area contributed by atoms with Crippen LogP contribution in [0.1, 0.15) is 38.5 Å². The summed E-state index contributed by atoms with van der Waals surface area (Å²) in [6.07, 6.45) is 6.06. The summed E-state index contributed by atoms with van der Waals surface area (Å²) >= 11 is 5.96. The van der Waals surface area contributed by atoms with E-state index in [1.807, 2.05) is 0 Å². The summed E-state index contributed by atoms with van der Waals surface area (Å²) in [6, 6.07) is 6.80. The van der Waals surface area contributed by atoms with Crippen molar-refractivity contribution in [2.24, 2.45) is 5.92 Å². The van der Waals surface area contributed by atoms with Crippen LogP contribution < -0.4 is 4.90 Å². The highest BCUT2D eigenvalue weighted by molar-refractivity contribution is 6.31. The van der Waals surface area contributed by atoms with E-state index in [1.54, 1.807) is 24.3 Å². The summed E-state index contributed by atoms with van der Waals surface area (Å²) in [4.78, 5) is 25.2. The molecule has 0 aromatic heterocycles. The van der Waals surface area contributed by atoms with Gasteiger partial charge in [-0.15, -0.1) is 0 Å². The van der Waals surface area contributed by atoms with Crippen LogP contribution in [0.15, 0.2) is 24.3 Å². The predicted octanol–water partition coefficient (Wildman–Crippen LogP) is 3.73. The molecule has 0 radical (unpaired) electrons. The fourth-order valence-electron chi connectivity index (χ4n) is 2.82. The van der Waals surface area contributed by atoms with Crippen LogP contribution in [0, 0.1) is 5.92 Å². The second kappa shape index (κ2) is 7.46. The van der Waals surface area contributed by atoms with Gasteiger partial charge in [0.2, 0.25) is 5.91 Å². The lowest BCUT2D eigenvalue weighted by Crippen LogP contribution is -2.39. The van der Waals surface area contributed by atoms with E-state index in [9.17, 15) is 9.59 Å². The molecule has 1 aliphatic rings. The number of hydrogen-bond acceptors (Lipinski definition) is 2. The van der Waals surface area contributed by atoms with Gasteiger partial charge in [-0.25, -0.2) is 0 Å². The Morgan fingerprint density at radius 3 is 2.43 bits per heavy atom. The maximum absolute atomic E-state index is 12.7. The van der Waals surface area contributed by atoms with E-state index in [2.05, 4.69) is 0 Å². The molecule has 0 saturated heterocycles. The van der Waals surface area contributed by atoms with Crippen LogP contribution in [0.2, 0.25) is 5.02 Å². The van der Waals surface area contributed by atoms with Crippen LogP contribution in [0.5, 0.6) is 0 Å². The van der Waals surface area contributed by atoms with Crippen molar-refractivity contribution >= 4 is 29.2 Å². The van der Waals surface area contributed by atoms with Crippen molar-refractivity contribution in [3.05, 3.63) is 29.3 Å². The van der Waals surface area contributed by atoms with Gasteiger partial charge in [0.1, 0.15) is 6.54 Å². The number of halogens is 1. The maximum atomic E-state index is 12.7. The lowest BCUT2D eigenvalue weighted by Gasteiger charge is -2.25. The van der Waals surface area contributed by atoms with Gasteiger partial charge in [-0.1, -0.05) is 43.4 Å². The van der Waals surface area contributed by atoms with Crippen LogP contribution in [0.25, 0.3) is 0 Å². The second-order valence-corrected chi connectivity index (χ2v) is 5.92. The number of aliphatic carboxylic acids is 1. The van der Waals surface area contributed by atoms with Gasteiger partial charge in [0.05, 0.1) is 0 Å². The van der Waals surface area contributed by atoms with E-state index in [0.717, 1.165) is 38.5 Å². The van der Waals surface area contributed by atoms with Crippen LogP contribution >= 0.6 is 11.6 Å². The third-order valence-electron chi connectivity index (χ3n) is 3.88. The highest BCUT2D eigenvalue weighted by Crippen LogP contribution is 2.27. The molecule has 2 rings (SSSR count). The normalized spacial score (nSPS) is 16.2. The number of benzene rings is 1. The van der Waals surface area contributed by atoms with E-state index in [1.165, 1.54) is 4.90 Å². The smallest absolute Gasteiger partial charge is 0.323 e. The van der Waals surface area contributed by atoms with Gasteiger partial charge < -0.3 is 10.0 Å². The number of anilines is 1. The molecule has 1 aromatic carbocycles. The minimum atomic E-state index is -1.02. The summed E-state index contributed by atoms with van der Waals surface area (Å²) in [7, 11) is 0. The molecule has 1 aromatic rings. The molecule has 1 fully saturated rings. The van der Waals surface area contributed by atoms with Gasteiger partial charge >= 0.3 is 5.97 Å². The van der Waals surface area contributed by atoms with Gasteiger partial charge in [0.15, 0.2) is 0 Å². The van der Waals surface area contributed by atoms with Gasteiger partial charge in [0.25, 0.3) is 0 Å². The quantitative estimate of drug-likeness (QED) is 0.862. The van der Waals surface area contributed by atoms with E-state index in [4.69, 9.17) is 16.7 Å². The first-order valence-electron chi connectivity index (χ1n) is 7.36.